The molecule has 0 saturated heterocycles. The summed E-state index contributed by atoms with van der Waals surface area (Å²) in [5.74, 6) is 2.10. The molecule has 0 unspecified atom stereocenters. The lowest BCUT2D eigenvalue weighted by Gasteiger charge is -2.17. The van der Waals surface area contributed by atoms with Gasteiger partial charge in [0.15, 0.2) is 35.7 Å². The molecular formula is C67H71F9N6O20P2S3. The van der Waals surface area contributed by atoms with Crippen molar-refractivity contribution in [3.63, 3.8) is 0 Å². The van der Waals surface area contributed by atoms with Crippen molar-refractivity contribution in [1.82, 2.24) is 19.6 Å². The zero-order valence-electron chi connectivity index (χ0n) is 57.5. The van der Waals surface area contributed by atoms with Gasteiger partial charge in [0.05, 0.1) is 66.1 Å². The highest BCUT2D eigenvalue weighted by Crippen LogP contribution is 2.50. The molecule has 6 N–H and O–H groups in total. The SMILES string of the molecule is CC(=O)c1ccc(O)cc1.CCOP(=O)(COS(=O)(=O)C(F)(F)F)OCC.CCOP(=O)(COc1ccc(-c2cc(C(F)(F)F)nn2-c2ccc(S(N)(=O)=O)cc2)cc1)OCC.COc1ccc(COc2ccc(C(C)=O)cc2)cc1.NS(=O)(=O)c1ccc(-n2nc(C(F)(F)F)cc2-c2ccc(O)cc2)cc1. The van der Waals surface area contributed by atoms with Gasteiger partial charge in [-0.25, -0.2) is 36.5 Å². The first-order valence-electron chi connectivity index (χ1n) is 30.9. The minimum atomic E-state index is -5.80. The van der Waals surface area contributed by atoms with Crippen LogP contribution in [-0.2, 0) is 80.5 Å². The number of phenolic OH excluding ortho intramolecular Hbond substituents is 2. The largest absolute Gasteiger partial charge is 0.523 e. The highest BCUT2D eigenvalue weighted by atomic mass is 32.2. The van der Waals surface area contributed by atoms with Crippen LogP contribution in [0.3, 0.4) is 0 Å². The van der Waals surface area contributed by atoms with Crippen molar-refractivity contribution in [2.75, 3.05) is 46.2 Å². The Morgan fingerprint density at radius 2 is 0.794 bits per heavy atom. The summed E-state index contributed by atoms with van der Waals surface area (Å²) in [6.07, 6.45) is -11.0. The van der Waals surface area contributed by atoms with E-state index in [0.29, 0.717) is 34.6 Å². The molecule has 9 rings (SSSR count). The lowest BCUT2D eigenvalue weighted by Crippen LogP contribution is -2.26. The summed E-state index contributed by atoms with van der Waals surface area (Å²) in [7, 11) is -19.5. The molecule has 0 fully saturated rings. The number of alkyl halides is 9. The summed E-state index contributed by atoms with van der Waals surface area (Å²) >= 11 is 0. The van der Waals surface area contributed by atoms with Crippen molar-refractivity contribution < 1.29 is 130 Å². The Hall–Kier alpha value is -9.30. The minimum Gasteiger partial charge on any atom is -0.508 e. The second-order valence-corrected chi connectivity index (χ2v) is 30.2. The number of ketones is 2. The summed E-state index contributed by atoms with van der Waals surface area (Å²) in [6.45, 7) is 9.81. The van der Waals surface area contributed by atoms with Crippen molar-refractivity contribution in [3.8, 4) is 62.6 Å². The summed E-state index contributed by atoms with van der Waals surface area (Å²) in [4.78, 5) is 21.5. The average molecular weight is 1610 g/mol. The Morgan fingerprint density at radius 3 is 1.13 bits per heavy atom. The predicted octanol–water partition coefficient (Wildman–Crippen LogP) is 14.9. The first-order chi connectivity index (χ1) is 49.9. The van der Waals surface area contributed by atoms with Gasteiger partial charge in [-0.1, -0.05) is 12.1 Å². The monoisotopic (exact) mass is 1610 g/mol. The van der Waals surface area contributed by atoms with E-state index in [1.807, 2.05) is 24.3 Å². The van der Waals surface area contributed by atoms with Gasteiger partial charge in [-0.2, -0.15) is 58.1 Å². The number of rotatable bonds is 26. The number of carbonyl (C=O) groups is 2. The first-order valence-corrected chi connectivity index (χ1v) is 38.9. The van der Waals surface area contributed by atoms with Gasteiger partial charge in [0.2, 0.25) is 20.0 Å². The van der Waals surface area contributed by atoms with Crippen molar-refractivity contribution in [2.45, 2.75) is 75.8 Å². The number of nitrogens with two attached hydrogens (primary N) is 2. The lowest BCUT2D eigenvalue weighted by molar-refractivity contribution is -0.142. The molecule has 26 nitrogen and oxygen atoms in total. The molecule has 0 aliphatic heterocycles. The number of Topliss-reactive ketones (excluding diaryl/α,β-unsaturated/α-hetero) is 2. The predicted molar refractivity (Wildman–Crippen MR) is 372 cm³/mol. The normalized spacial score (nSPS) is 12.0. The van der Waals surface area contributed by atoms with Crippen molar-refractivity contribution in [1.29, 1.82) is 0 Å². The van der Waals surface area contributed by atoms with Crippen molar-refractivity contribution in [2.24, 2.45) is 10.3 Å². The standard InChI is InChI=1S/C21H23F3N3O6PS.C16H12F3N3O3S.C16H16O3.C8H8O2.C6H12F3O6PS/c1-3-32-34(28,33-4-2)14-31-17-9-5-15(6-10-17)19-13-20(21(22,23)24)26-27(19)16-7-11-18(12-8-16)35(25,29)30;17-16(18,19)15-9-14(10-1-5-12(23)6-2-10)22(21-15)11-3-7-13(8-4-11)26(20,24)25;1-12(17)14-5-9-16(10-6-14)19-11-13-3-7-15(18-2)8-4-13;1-6(9)7-2-4-8(10)5-3-7;1-3-13-16(10,14-4-2)5-15-17(11,12)6(7,8)9/h5-13H,3-4,14H2,1-2H3,(H2,25,29,30);1-9,23H,(H2,20,24,25);3-10H,11H2,1-2H3;2-5,10H,1H3;3-5H2,1-2H3. The highest BCUT2D eigenvalue weighted by molar-refractivity contribution is 7.89. The zero-order valence-corrected chi connectivity index (χ0v) is 61.7. The summed E-state index contributed by atoms with van der Waals surface area (Å²) in [5.41, 5.74) is -4.03. The Bertz CT molecular complexity index is 4830. The molecule has 40 heteroatoms. The van der Waals surface area contributed by atoms with Crippen LogP contribution in [0.1, 0.15) is 79.2 Å². The van der Waals surface area contributed by atoms with Crippen molar-refractivity contribution in [3.05, 3.63) is 210 Å². The fourth-order valence-corrected chi connectivity index (χ4v) is 13.1. The number of primary sulfonamides is 2. The van der Waals surface area contributed by atoms with E-state index < -0.39 is 81.0 Å². The average Bonchev–Trinajstić information content (AvgIpc) is 1.62. The zero-order chi connectivity index (χ0) is 79.9. The second kappa shape index (κ2) is 38.5. The molecule has 0 amide bonds. The van der Waals surface area contributed by atoms with Gasteiger partial charge in [-0.05, 0) is 217 Å². The van der Waals surface area contributed by atoms with Crippen molar-refractivity contribution >= 4 is 56.9 Å². The van der Waals surface area contributed by atoms with E-state index in [1.54, 1.807) is 64.3 Å². The number of aromatic nitrogens is 4. The molecule has 107 heavy (non-hydrogen) atoms. The molecule has 2 heterocycles. The third-order valence-electron chi connectivity index (χ3n) is 13.6. The molecule has 2 aromatic heterocycles. The molecule has 0 aliphatic carbocycles. The highest BCUT2D eigenvalue weighted by Gasteiger charge is 2.49. The molecule has 0 atom stereocenters. The number of benzene rings is 7. The number of halogens is 9. The van der Waals surface area contributed by atoms with Gasteiger partial charge in [0, 0.05) is 22.3 Å². The number of ether oxygens (including phenoxy) is 3. The van der Waals surface area contributed by atoms with Gasteiger partial charge in [-0.3, -0.25) is 22.9 Å². The van der Waals surface area contributed by atoms with Gasteiger partial charge in [0.1, 0.15) is 35.4 Å². The number of nitrogens with zero attached hydrogens (tertiary/aromatic N) is 4. The number of carbonyl (C=O) groups excluding carboxylic acids is 2. The number of phenols is 2. The third kappa shape index (κ3) is 27.5. The topological polar surface area (TPSA) is 373 Å². The van der Waals surface area contributed by atoms with Crippen LogP contribution < -0.4 is 24.5 Å². The maximum atomic E-state index is 13.4. The van der Waals surface area contributed by atoms with Gasteiger partial charge in [-0.15, -0.1) is 0 Å². The molecule has 0 radical (unpaired) electrons. The van der Waals surface area contributed by atoms with E-state index in [2.05, 4.69) is 23.4 Å². The maximum Gasteiger partial charge on any atom is 0.523 e. The Morgan fingerprint density at radius 1 is 0.467 bits per heavy atom. The van der Waals surface area contributed by atoms with E-state index >= 15 is 0 Å². The van der Waals surface area contributed by atoms with Crippen LogP contribution in [0.4, 0.5) is 39.5 Å². The Labute approximate surface area is 608 Å². The van der Waals surface area contributed by atoms with Crippen LogP contribution in [-0.4, -0.2) is 118 Å². The summed E-state index contributed by atoms with van der Waals surface area (Å²) < 4.78 is 247. The van der Waals surface area contributed by atoms with Crippen LogP contribution in [0.5, 0.6) is 28.7 Å². The molecule has 0 aliphatic rings. The number of methoxy groups -OCH3 is 1. The Kier molecular flexibility index (Phi) is 31.8. The molecule has 9 aromatic rings. The van der Waals surface area contributed by atoms with Crippen LogP contribution in [0.2, 0.25) is 0 Å². The summed E-state index contributed by atoms with van der Waals surface area (Å²) in [6, 6.07) is 44.3. The molecule has 0 saturated carbocycles. The minimum absolute atomic E-state index is 0.0139. The number of hydrogen-bond acceptors (Lipinski definition) is 22. The van der Waals surface area contributed by atoms with E-state index in [4.69, 9.17) is 38.6 Å². The van der Waals surface area contributed by atoms with Gasteiger partial charge < -0.3 is 42.5 Å². The first kappa shape index (κ1) is 88.3. The smallest absolute Gasteiger partial charge is 0.508 e. The lowest BCUT2D eigenvalue weighted by atomic mass is 10.1. The van der Waals surface area contributed by atoms with Crippen LogP contribution in [0, 0.1) is 0 Å². The van der Waals surface area contributed by atoms with Crippen LogP contribution >= 0.6 is 15.2 Å². The van der Waals surface area contributed by atoms with Gasteiger partial charge >= 0.3 is 43.2 Å². The van der Waals surface area contributed by atoms with E-state index in [-0.39, 0.29) is 88.4 Å². The van der Waals surface area contributed by atoms with E-state index in [0.717, 1.165) is 38.6 Å². The Balaban J connectivity index is 0.000000253. The second-order valence-electron chi connectivity index (χ2n) is 21.4. The van der Waals surface area contributed by atoms with Gasteiger partial charge in [0.25, 0.3) is 0 Å². The van der Waals surface area contributed by atoms with E-state index in [9.17, 15) is 88.6 Å². The van der Waals surface area contributed by atoms with E-state index in [1.165, 1.54) is 130 Å². The van der Waals surface area contributed by atoms with Crippen LogP contribution in [0.15, 0.2) is 192 Å². The fourth-order valence-electron chi connectivity index (χ4n) is 8.49. The quantitative estimate of drug-likeness (QED) is 0.0129. The maximum absolute atomic E-state index is 13.4. The number of sulfonamides is 2. The molecule has 0 bridgehead atoms. The number of hydrogen-bond donors (Lipinski definition) is 4. The fraction of sp³-hybridized carbons (Fsp3) is 0.254. The van der Waals surface area contributed by atoms with Crippen LogP contribution in [0.25, 0.3) is 33.9 Å². The molecule has 0 spiro atoms. The molecule has 580 valence electrons. The molecular weight excluding hydrogens is 1540 g/mol. The number of aromatic hydroxyl groups is 2. The molecule has 7 aromatic carbocycles. The summed E-state index contributed by atoms with van der Waals surface area (Å²) in [5, 5.41) is 35.5. The third-order valence-corrected chi connectivity index (χ3v) is 20.1.